The van der Waals surface area contributed by atoms with Gasteiger partial charge in [0.2, 0.25) is 0 Å². The molecule has 5 heteroatoms. The lowest BCUT2D eigenvalue weighted by Crippen LogP contribution is -2.51. The molecule has 0 saturated heterocycles. The zero-order valence-corrected chi connectivity index (χ0v) is 13.2. The summed E-state index contributed by atoms with van der Waals surface area (Å²) in [5.41, 5.74) is -0.971. The number of aliphatic hydroxyl groups excluding tert-OH is 1. The molecule has 0 heterocycles. The summed E-state index contributed by atoms with van der Waals surface area (Å²) in [6, 6.07) is 7.12. The van der Waals surface area contributed by atoms with Crippen molar-refractivity contribution < 1.29 is 14.6 Å². The van der Waals surface area contributed by atoms with Crippen LogP contribution in [0.4, 0.5) is 0 Å². The van der Waals surface area contributed by atoms with Crippen molar-refractivity contribution in [2.45, 2.75) is 57.3 Å². The third-order valence-corrected chi connectivity index (χ3v) is 3.98. The van der Waals surface area contributed by atoms with Crippen LogP contribution in [0.25, 0.3) is 0 Å². The summed E-state index contributed by atoms with van der Waals surface area (Å²) in [7, 11) is 0. The number of carbonyl (C=O) groups excluding carboxylic acids is 1. The first-order valence-corrected chi connectivity index (χ1v) is 7.68. The normalized spacial score (nSPS) is 22.7. The number of halogens is 1. The Kier molecular flexibility index (Phi) is 5.12. The maximum Gasteiger partial charge on any atom is 0.263 e. The first-order valence-electron chi connectivity index (χ1n) is 7.30. The quantitative estimate of drug-likeness (QED) is 0.899. The van der Waals surface area contributed by atoms with Gasteiger partial charge in [0.25, 0.3) is 5.91 Å². The maximum absolute atomic E-state index is 12.4. The van der Waals surface area contributed by atoms with E-state index in [9.17, 15) is 9.90 Å². The standard InChI is InChI=1S/C16H22ClNO3/c1-16(2,21-14-5-3-4-11(17)10-14)15(20)18-12-6-8-13(19)9-7-12/h3-5,10,12-13,19H,6-9H2,1-2H3,(H,18,20). The fourth-order valence-corrected chi connectivity index (χ4v) is 2.63. The SMILES string of the molecule is CC(C)(Oc1cccc(Cl)c1)C(=O)NC1CCC(O)CC1. The lowest BCUT2D eigenvalue weighted by molar-refractivity contribution is -0.135. The topological polar surface area (TPSA) is 58.6 Å². The van der Waals surface area contributed by atoms with Crippen LogP contribution < -0.4 is 10.1 Å². The van der Waals surface area contributed by atoms with Crippen molar-refractivity contribution in [1.29, 1.82) is 0 Å². The van der Waals surface area contributed by atoms with E-state index < -0.39 is 5.60 Å². The third-order valence-electron chi connectivity index (χ3n) is 3.75. The molecule has 1 aliphatic rings. The van der Waals surface area contributed by atoms with Crippen molar-refractivity contribution in [3.63, 3.8) is 0 Å². The largest absolute Gasteiger partial charge is 0.478 e. The van der Waals surface area contributed by atoms with Crippen LogP contribution in [0.3, 0.4) is 0 Å². The number of benzene rings is 1. The smallest absolute Gasteiger partial charge is 0.263 e. The Bertz CT molecular complexity index is 496. The van der Waals surface area contributed by atoms with Gasteiger partial charge in [0, 0.05) is 11.1 Å². The second-order valence-electron chi connectivity index (χ2n) is 6.05. The number of amides is 1. The molecule has 2 N–H and O–H groups in total. The maximum atomic E-state index is 12.4. The number of ether oxygens (including phenoxy) is 1. The molecule has 21 heavy (non-hydrogen) atoms. The molecule has 0 aliphatic heterocycles. The molecule has 0 atom stereocenters. The Hall–Kier alpha value is -1.26. The van der Waals surface area contributed by atoms with Gasteiger partial charge >= 0.3 is 0 Å². The Morgan fingerprint density at radius 2 is 2.00 bits per heavy atom. The minimum atomic E-state index is -0.971. The number of hydrogen-bond acceptors (Lipinski definition) is 3. The molecular formula is C16H22ClNO3. The zero-order chi connectivity index (χ0) is 15.5. The van der Waals surface area contributed by atoms with Crippen molar-refractivity contribution in [2.75, 3.05) is 0 Å². The lowest BCUT2D eigenvalue weighted by Gasteiger charge is -2.31. The molecule has 0 bridgehead atoms. The van der Waals surface area contributed by atoms with E-state index in [-0.39, 0.29) is 18.1 Å². The van der Waals surface area contributed by atoms with Gasteiger partial charge in [-0.3, -0.25) is 4.79 Å². The summed E-state index contributed by atoms with van der Waals surface area (Å²) in [5.74, 6) is 0.422. The van der Waals surface area contributed by atoms with Crippen LogP contribution in [0.2, 0.25) is 5.02 Å². The fourth-order valence-electron chi connectivity index (χ4n) is 2.45. The molecule has 1 amide bonds. The van der Waals surface area contributed by atoms with Crippen LogP contribution >= 0.6 is 11.6 Å². The van der Waals surface area contributed by atoms with Gasteiger partial charge in [-0.1, -0.05) is 17.7 Å². The first kappa shape index (κ1) is 16.1. The molecular weight excluding hydrogens is 290 g/mol. The second kappa shape index (κ2) is 6.67. The number of hydrogen-bond donors (Lipinski definition) is 2. The summed E-state index contributed by atoms with van der Waals surface area (Å²) >= 11 is 5.92. The number of carbonyl (C=O) groups is 1. The van der Waals surface area contributed by atoms with E-state index in [1.165, 1.54) is 0 Å². The summed E-state index contributed by atoms with van der Waals surface area (Å²) < 4.78 is 5.76. The number of aliphatic hydroxyl groups is 1. The molecule has 2 rings (SSSR count). The molecule has 0 spiro atoms. The van der Waals surface area contributed by atoms with Gasteiger partial charge in [-0.15, -0.1) is 0 Å². The van der Waals surface area contributed by atoms with E-state index in [0.717, 1.165) is 25.7 Å². The highest BCUT2D eigenvalue weighted by Gasteiger charge is 2.32. The van der Waals surface area contributed by atoms with E-state index >= 15 is 0 Å². The predicted octanol–water partition coefficient (Wildman–Crippen LogP) is 2.92. The molecule has 1 fully saturated rings. The highest BCUT2D eigenvalue weighted by Crippen LogP contribution is 2.23. The van der Waals surface area contributed by atoms with Crippen LogP contribution in [0.1, 0.15) is 39.5 Å². The van der Waals surface area contributed by atoms with Crippen molar-refractivity contribution in [3.05, 3.63) is 29.3 Å². The van der Waals surface area contributed by atoms with Crippen molar-refractivity contribution in [2.24, 2.45) is 0 Å². The zero-order valence-electron chi connectivity index (χ0n) is 12.4. The predicted molar refractivity (Wildman–Crippen MR) is 82.6 cm³/mol. The average Bonchev–Trinajstić information content (AvgIpc) is 2.41. The lowest BCUT2D eigenvalue weighted by atomic mass is 9.92. The van der Waals surface area contributed by atoms with Crippen LogP contribution in [0, 0.1) is 0 Å². The van der Waals surface area contributed by atoms with Crippen molar-refractivity contribution in [1.82, 2.24) is 5.32 Å². The van der Waals surface area contributed by atoms with Gasteiger partial charge in [-0.05, 0) is 57.7 Å². The Labute approximate surface area is 130 Å². The van der Waals surface area contributed by atoms with Gasteiger partial charge in [0.15, 0.2) is 5.60 Å². The fraction of sp³-hybridized carbons (Fsp3) is 0.562. The van der Waals surface area contributed by atoms with Gasteiger partial charge in [0.05, 0.1) is 6.10 Å². The Morgan fingerprint density at radius 1 is 1.33 bits per heavy atom. The third kappa shape index (κ3) is 4.61. The van der Waals surface area contributed by atoms with Gasteiger partial charge in [-0.25, -0.2) is 0 Å². The van der Waals surface area contributed by atoms with Gasteiger partial charge in [0.1, 0.15) is 5.75 Å². The van der Waals surface area contributed by atoms with Crippen molar-refractivity contribution >= 4 is 17.5 Å². The minimum Gasteiger partial charge on any atom is -0.478 e. The number of nitrogens with one attached hydrogen (secondary N) is 1. The second-order valence-corrected chi connectivity index (χ2v) is 6.49. The van der Waals surface area contributed by atoms with Gasteiger partial charge in [-0.2, -0.15) is 0 Å². The van der Waals surface area contributed by atoms with Crippen LogP contribution in [0.15, 0.2) is 24.3 Å². The molecule has 4 nitrogen and oxygen atoms in total. The number of rotatable bonds is 4. The van der Waals surface area contributed by atoms with E-state index in [1.807, 2.05) is 0 Å². The molecule has 1 aliphatic carbocycles. The molecule has 1 saturated carbocycles. The van der Waals surface area contributed by atoms with Crippen LogP contribution in [-0.2, 0) is 4.79 Å². The van der Waals surface area contributed by atoms with Crippen LogP contribution in [-0.4, -0.2) is 28.8 Å². The summed E-state index contributed by atoms with van der Waals surface area (Å²) in [6.07, 6.45) is 2.86. The molecule has 0 unspecified atom stereocenters. The monoisotopic (exact) mass is 311 g/mol. The summed E-state index contributed by atoms with van der Waals surface area (Å²) in [5, 5.41) is 13.1. The van der Waals surface area contributed by atoms with E-state index in [4.69, 9.17) is 16.3 Å². The highest BCUT2D eigenvalue weighted by molar-refractivity contribution is 6.30. The molecule has 1 aromatic carbocycles. The molecule has 116 valence electrons. The van der Waals surface area contributed by atoms with Crippen LogP contribution in [0.5, 0.6) is 5.75 Å². The Balaban J connectivity index is 1.93. The van der Waals surface area contributed by atoms with Gasteiger partial charge < -0.3 is 15.2 Å². The van der Waals surface area contributed by atoms with E-state index in [1.54, 1.807) is 38.1 Å². The summed E-state index contributed by atoms with van der Waals surface area (Å²) in [6.45, 7) is 3.47. The molecule has 1 aromatic rings. The van der Waals surface area contributed by atoms with E-state index in [0.29, 0.717) is 10.8 Å². The van der Waals surface area contributed by atoms with Crippen molar-refractivity contribution in [3.8, 4) is 5.75 Å². The molecule has 0 radical (unpaired) electrons. The Morgan fingerprint density at radius 3 is 2.62 bits per heavy atom. The summed E-state index contributed by atoms with van der Waals surface area (Å²) in [4.78, 5) is 12.4. The van der Waals surface area contributed by atoms with E-state index in [2.05, 4.69) is 5.32 Å². The minimum absolute atomic E-state index is 0.114. The first-order chi connectivity index (χ1) is 9.87. The highest BCUT2D eigenvalue weighted by atomic mass is 35.5. The molecule has 0 aromatic heterocycles. The average molecular weight is 312 g/mol.